The van der Waals surface area contributed by atoms with Crippen molar-refractivity contribution in [1.82, 2.24) is 0 Å². The Morgan fingerprint density at radius 2 is 1.80 bits per heavy atom. The highest BCUT2D eigenvalue weighted by molar-refractivity contribution is 7.92. The Morgan fingerprint density at radius 1 is 1.15 bits per heavy atom. The highest BCUT2D eigenvalue weighted by atomic mass is 32.2. The Morgan fingerprint density at radius 3 is 2.35 bits per heavy atom. The second kappa shape index (κ2) is 5.19. The van der Waals surface area contributed by atoms with Gasteiger partial charge in [0.1, 0.15) is 10.7 Å². The molecule has 0 heterocycles. The third-order valence-electron chi connectivity index (χ3n) is 2.52. The fraction of sp³-hybridized carbons (Fsp3) is 0. The van der Waals surface area contributed by atoms with Crippen LogP contribution in [-0.2, 0) is 10.0 Å². The van der Waals surface area contributed by atoms with Crippen molar-refractivity contribution in [2.24, 2.45) is 0 Å². The topological polar surface area (TPSA) is 96.0 Å². The van der Waals surface area contributed by atoms with Crippen LogP contribution in [0.15, 0.2) is 47.4 Å². The van der Waals surface area contributed by atoms with Crippen LogP contribution in [0.4, 0.5) is 15.8 Å². The van der Waals surface area contributed by atoms with E-state index in [-0.39, 0.29) is 21.8 Å². The van der Waals surface area contributed by atoms with Crippen LogP contribution in [0.1, 0.15) is 5.56 Å². The van der Waals surface area contributed by atoms with Crippen molar-refractivity contribution in [3.8, 4) is 6.07 Å². The predicted octanol–water partition coefficient (Wildman–Crippen LogP) is 2.08. The lowest BCUT2D eigenvalue weighted by atomic mass is 10.2. The molecule has 0 radical (unpaired) electrons. The fourth-order valence-corrected chi connectivity index (χ4v) is 2.76. The molecular formula is C13H10FN3O2S. The zero-order valence-corrected chi connectivity index (χ0v) is 11.0. The van der Waals surface area contributed by atoms with E-state index in [1.165, 1.54) is 30.3 Å². The molecule has 0 atom stereocenters. The summed E-state index contributed by atoms with van der Waals surface area (Å²) in [5.74, 6) is -0.467. The van der Waals surface area contributed by atoms with E-state index in [9.17, 15) is 12.8 Å². The maximum absolute atomic E-state index is 12.8. The number of benzene rings is 2. The van der Waals surface area contributed by atoms with Crippen molar-refractivity contribution in [1.29, 1.82) is 5.26 Å². The van der Waals surface area contributed by atoms with E-state index in [0.29, 0.717) is 0 Å². The Balaban J connectivity index is 2.36. The molecule has 102 valence electrons. The SMILES string of the molecule is N#Cc1ccc(S(=O)(=O)Nc2ccc(F)cc2)c(N)c1. The fourth-order valence-electron chi connectivity index (χ4n) is 1.59. The summed E-state index contributed by atoms with van der Waals surface area (Å²) in [6, 6.07) is 10.6. The van der Waals surface area contributed by atoms with Crippen LogP contribution in [0.3, 0.4) is 0 Å². The van der Waals surface area contributed by atoms with Crippen LogP contribution in [0, 0.1) is 17.1 Å². The summed E-state index contributed by atoms with van der Waals surface area (Å²) in [5, 5.41) is 8.71. The quantitative estimate of drug-likeness (QED) is 0.846. The first-order chi connectivity index (χ1) is 9.42. The van der Waals surface area contributed by atoms with Gasteiger partial charge < -0.3 is 5.73 Å². The van der Waals surface area contributed by atoms with E-state index in [0.717, 1.165) is 12.1 Å². The van der Waals surface area contributed by atoms with Crippen LogP contribution in [0.5, 0.6) is 0 Å². The molecular weight excluding hydrogens is 281 g/mol. The van der Waals surface area contributed by atoms with Gasteiger partial charge in [-0.2, -0.15) is 5.26 Å². The number of sulfonamides is 1. The maximum Gasteiger partial charge on any atom is 0.263 e. The highest BCUT2D eigenvalue weighted by Gasteiger charge is 2.17. The summed E-state index contributed by atoms with van der Waals surface area (Å²) in [4.78, 5) is -0.138. The van der Waals surface area contributed by atoms with Crippen LogP contribution in [0.2, 0.25) is 0 Å². The monoisotopic (exact) mass is 291 g/mol. The van der Waals surface area contributed by atoms with Gasteiger partial charge in [-0.05, 0) is 42.5 Å². The molecule has 0 spiro atoms. The average molecular weight is 291 g/mol. The Kier molecular flexibility index (Phi) is 3.59. The Bertz CT molecular complexity index is 780. The lowest BCUT2D eigenvalue weighted by Crippen LogP contribution is -2.14. The molecule has 0 saturated carbocycles. The van der Waals surface area contributed by atoms with E-state index < -0.39 is 15.8 Å². The van der Waals surface area contributed by atoms with Gasteiger partial charge in [-0.1, -0.05) is 0 Å². The van der Waals surface area contributed by atoms with E-state index in [4.69, 9.17) is 11.0 Å². The van der Waals surface area contributed by atoms with Gasteiger partial charge in [-0.15, -0.1) is 0 Å². The molecule has 7 heteroatoms. The van der Waals surface area contributed by atoms with Crippen LogP contribution >= 0.6 is 0 Å². The van der Waals surface area contributed by atoms with Gasteiger partial charge in [-0.25, -0.2) is 12.8 Å². The first-order valence-electron chi connectivity index (χ1n) is 5.50. The van der Waals surface area contributed by atoms with Gasteiger partial charge in [0.05, 0.1) is 17.3 Å². The van der Waals surface area contributed by atoms with Gasteiger partial charge in [0.15, 0.2) is 0 Å². The molecule has 20 heavy (non-hydrogen) atoms. The number of nitrogen functional groups attached to an aromatic ring is 1. The zero-order valence-electron chi connectivity index (χ0n) is 10.2. The Hall–Kier alpha value is -2.59. The number of anilines is 2. The second-order valence-electron chi connectivity index (χ2n) is 3.98. The molecule has 0 aliphatic heterocycles. The van der Waals surface area contributed by atoms with Crippen LogP contribution in [0.25, 0.3) is 0 Å². The number of nitriles is 1. The molecule has 2 aromatic rings. The third-order valence-corrected chi connectivity index (χ3v) is 3.98. The van der Waals surface area contributed by atoms with E-state index in [1.807, 2.05) is 6.07 Å². The molecule has 3 N–H and O–H groups in total. The standard InChI is InChI=1S/C13H10FN3O2S/c14-10-2-4-11(5-3-10)17-20(18,19)13-6-1-9(8-15)7-12(13)16/h1-7,17H,16H2. The molecule has 2 rings (SSSR count). The smallest absolute Gasteiger partial charge is 0.263 e. The minimum atomic E-state index is -3.89. The maximum atomic E-state index is 12.8. The van der Waals surface area contributed by atoms with Crippen LogP contribution < -0.4 is 10.5 Å². The number of nitrogens with two attached hydrogens (primary N) is 1. The number of halogens is 1. The third kappa shape index (κ3) is 2.87. The number of rotatable bonds is 3. The van der Waals surface area contributed by atoms with Crippen LogP contribution in [-0.4, -0.2) is 8.42 Å². The largest absolute Gasteiger partial charge is 0.398 e. The van der Waals surface area contributed by atoms with E-state index in [2.05, 4.69) is 4.72 Å². The highest BCUT2D eigenvalue weighted by Crippen LogP contribution is 2.22. The molecule has 0 bridgehead atoms. The first-order valence-corrected chi connectivity index (χ1v) is 6.99. The molecule has 2 aromatic carbocycles. The van der Waals surface area contributed by atoms with Crippen molar-refractivity contribution in [2.45, 2.75) is 4.90 Å². The molecule has 5 nitrogen and oxygen atoms in total. The second-order valence-corrected chi connectivity index (χ2v) is 5.63. The number of hydrogen-bond donors (Lipinski definition) is 2. The summed E-state index contributed by atoms with van der Waals surface area (Å²) >= 11 is 0. The average Bonchev–Trinajstić information content (AvgIpc) is 2.40. The molecule has 0 saturated heterocycles. The molecule has 0 aromatic heterocycles. The number of nitrogens with zero attached hydrogens (tertiary/aromatic N) is 1. The summed E-state index contributed by atoms with van der Waals surface area (Å²) in [6.07, 6.45) is 0. The molecule has 0 aliphatic rings. The zero-order chi connectivity index (χ0) is 14.8. The summed E-state index contributed by atoms with van der Waals surface area (Å²) < 4.78 is 39.3. The van der Waals surface area contributed by atoms with Gasteiger partial charge in [0, 0.05) is 5.69 Å². The minimum absolute atomic E-state index is 0.0290. The van der Waals surface area contributed by atoms with Crippen molar-refractivity contribution < 1.29 is 12.8 Å². The summed E-state index contributed by atoms with van der Waals surface area (Å²) in [5.41, 5.74) is 6.09. The lowest BCUT2D eigenvalue weighted by molar-refractivity contribution is 0.601. The van der Waals surface area contributed by atoms with Gasteiger partial charge in [0.2, 0.25) is 0 Å². The van der Waals surface area contributed by atoms with Crippen molar-refractivity contribution in [2.75, 3.05) is 10.5 Å². The molecule has 0 unspecified atom stereocenters. The van der Waals surface area contributed by atoms with Gasteiger partial charge in [-0.3, -0.25) is 4.72 Å². The molecule has 0 fully saturated rings. The number of hydrogen-bond acceptors (Lipinski definition) is 4. The van der Waals surface area contributed by atoms with Crippen molar-refractivity contribution >= 4 is 21.4 Å². The molecule has 0 aliphatic carbocycles. The molecule has 0 amide bonds. The first kappa shape index (κ1) is 13.8. The van der Waals surface area contributed by atoms with Crippen molar-refractivity contribution in [3.05, 3.63) is 53.8 Å². The predicted molar refractivity (Wildman–Crippen MR) is 72.8 cm³/mol. The summed E-state index contributed by atoms with van der Waals surface area (Å²) in [7, 11) is -3.89. The van der Waals surface area contributed by atoms with Gasteiger partial charge in [0.25, 0.3) is 10.0 Å². The van der Waals surface area contributed by atoms with Crippen molar-refractivity contribution in [3.63, 3.8) is 0 Å². The Labute approximate surface area is 115 Å². The van der Waals surface area contributed by atoms with Gasteiger partial charge >= 0.3 is 0 Å². The van der Waals surface area contributed by atoms with E-state index in [1.54, 1.807) is 0 Å². The number of nitrogens with one attached hydrogen (secondary N) is 1. The lowest BCUT2D eigenvalue weighted by Gasteiger charge is -2.10. The summed E-state index contributed by atoms with van der Waals surface area (Å²) in [6.45, 7) is 0. The normalized spacial score (nSPS) is 10.8. The minimum Gasteiger partial charge on any atom is -0.398 e. The van der Waals surface area contributed by atoms with E-state index >= 15 is 0 Å².